The van der Waals surface area contributed by atoms with Crippen LogP contribution in [-0.4, -0.2) is 32.8 Å². The van der Waals surface area contributed by atoms with Gasteiger partial charge in [-0.3, -0.25) is 0 Å². The highest BCUT2D eigenvalue weighted by Crippen LogP contribution is 2.14. The maximum Gasteiger partial charge on any atom is 0.387 e. The summed E-state index contributed by atoms with van der Waals surface area (Å²) < 4.78 is 56.1. The molecule has 0 radical (unpaired) electrons. The van der Waals surface area contributed by atoms with E-state index in [0.29, 0.717) is 13.1 Å². The van der Waals surface area contributed by atoms with E-state index in [-0.39, 0.29) is 12.4 Å². The Kier molecular flexibility index (Phi) is 7.20. The lowest BCUT2D eigenvalue weighted by molar-refractivity contribution is -0.0498. The molecule has 0 unspecified atom stereocenters. The SMILES string of the molecule is FC(F)COCCNCc1ccc(OC(F)F)cc1. The van der Waals surface area contributed by atoms with Gasteiger partial charge in [-0.1, -0.05) is 12.1 Å². The first-order valence-corrected chi connectivity index (χ1v) is 5.68. The molecule has 1 rings (SSSR count). The van der Waals surface area contributed by atoms with Crippen LogP contribution in [0.5, 0.6) is 5.75 Å². The highest BCUT2D eigenvalue weighted by molar-refractivity contribution is 5.27. The van der Waals surface area contributed by atoms with Gasteiger partial charge in [-0.05, 0) is 17.7 Å². The van der Waals surface area contributed by atoms with Crippen molar-refractivity contribution in [1.29, 1.82) is 0 Å². The quantitative estimate of drug-likeness (QED) is 0.557. The van der Waals surface area contributed by atoms with Gasteiger partial charge >= 0.3 is 6.61 Å². The summed E-state index contributed by atoms with van der Waals surface area (Å²) >= 11 is 0. The largest absolute Gasteiger partial charge is 0.435 e. The monoisotopic (exact) mass is 281 g/mol. The number of hydrogen-bond acceptors (Lipinski definition) is 3. The van der Waals surface area contributed by atoms with Crippen molar-refractivity contribution in [3.8, 4) is 5.75 Å². The third-order valence-corrected chi connectivity index (χ3v) is 2.14. The van der Waals surface area contributed by atoms with E-state index < -0.39 is 19.6 Å². The van der Waals surface area contributed by atoms with Gasteiger partial charge in [0.2, 0.25) is 0 Å². The minimum absolute atomic E-state index is 0.0963. The van der Waals surface area contributed by atoms with Gasteiger partial charge < -0.3 is 14.8 Å². The Morgan fingerprint density at radius 1 is 1.05 bits per heavy atom. The molecule has 1 aromatic rings. The number of nitrogens with one attached hydrogen (secondary N) is 1. The van der Waals surface area contributed by atoms with Crippen molar-refractivity contribution < 1.29 is 27.0 Å². The number of halogens is 4. The molecule has 0 saturated carbocycles. The Balaban J connectivity index is 2.16. The standard InChI is InChI=1S/C12H15F4NO2/c13-11(14)8-18-6-5-17-7-9-1-3-10(4-2-9)19-12(15)16/h1-4,11-12,17H,5-8H2. The van der Waals surface area contributed by atoms with Gasteiger partial charge in [-0.15, -0.1) is 0 Å². The maximum atomic E-state index is 11.9. The topological polar surface area (TPSA) is 30.5 Å². The van der Waals surface area contributed by atoms with Gasteiger partial charge in [-0.25, -0.2) is 8.78 Å². The van der Waals surface area contributed by atoms with E-state index in [2.05, 4.69) is 14.8 Å². The molecule has 0 fully saturated rings. The van der Waals surface area contributed by atoms with Gasteiger partial charge in [0.25, 0.3) is 6.43 Å². The Morgan fingerprint density at radius 3 is 2.32 bits per heavy atom. The molecule has 1 N–H and O–H groups in total. The molecule has 7 heteroatoms. The lowest BCUT2D eigenvalue weighted by Gasteiger charge is -2.07. The van der Waals surface area contributed by atoms with Gasteiger partial charge in [0.15, 0.2) is 0 Å². The van der Waals surface area contributed by atoms with Crippen molar-refractivity contribution >= 4 is 0 Å². The molecule has 0 aromatic heterocycles. The lowest BCUT2D eigenvalue weighted by Crippen LogP contribution is -2.20. The van der Waals surface area contributed by atoms with Crippen LogP contribution in [0.25, 0.3) is 0 Å². The second-order valence-electron chi connectivity index (χ2n) is 3.67. The summed E-state index contributed by atoms with van der Waals surface area (Å²) in [5.41, 5.74) is 0.871. The van der Waals surface area contributed by atoms with E-state index >= 15 is 0 Å². The average Bonchev–Trinajstić information content (AvgIpc) is 2.34. The van der Waals surface area contributed by atoms with Crippen molar-refractivity contribution in [1.82, 2.24) is 5.32 Å². The van der Waals surface area contributed by atoms with Gasteiger partial charge in [0, 0.05) is 13.1 Å². The van der Waals surface area contributed by atoms with Crippen molar-refractivity contribution in [3.05, 3.63) is 29.8 Å². The lowest BCUT2D eigenvalue weighted by atomic mass is 10.2. The number of alkyl halides is 4. The molecule has 19 heavy (non-hydrogen) atoms. The summed E-state index contributed by atoms with van der Waals surface area (Å²) in [6, 6.07) is 6.17. The second-order valence-corrected chi connectivity index (χ2v) is 3.67. The zero-order valence-electron chi connectivity index (χ0n) is 10.1. The van der Waals surface area contributed by atoms with E-state index in [9.17, 15) is 17.6 Å². The molecule has 0 bridgehead atoms. The van der Waals surface area contributed by atoms with E-state index in [1.807, 2.05) is 0 Å². The van der Waals surface area contributed by atoms with Crippen LogP contribution in [0.1, 0.15) is 5.56 Å². The summed E-state index contributed by atoms with van der Waals surface area (Å²) in [5, 5.41) is 2.98. The minimum Gasteiger partial charge on any atom is -0.435 e. The van der Waals surface area contributed by atoms with Gasteiger partial charge in [-0.2, -0.15) is 8.78 Å². The molecule has 0 aliphatic carbocycles. The Bertz CT molecular complexity index is 346. The number of ether oxygens (including phenoxy) is 2. The molecule has 0 heterocycles. The first kappa shape index (κ1) is 15.7. The van der Waals surface area contributed by atoms with Crippen LogP contribution in [0.3, 0.4) is 0 Å². The van der Waals surface area contributed by atoms with Gasteiger partial charge in [0.05, 0.1) is 6.61 Å². The van der Waals surface area contributed by atoms with Crippen molar-refractivity contribution in [2.75, 3.05) is 19.8 Å². The highest BCUT2D eigenvalue weighted by Gasteiger charge is 2.03. The predicted molar refractivity (Wildman–Crippen MR) is 61.6 cm³/mol. The smallest absolute Gasteiger partial charge is 0.387 e. The van der Waals surface area contributed by atoms with E-state index in [0.717, 1.165) is 5.56 Å². The molecule has 3 nitrogen and oxygen atoms in total. The average molecular weight is 281 g/mol. The number of benzene rings is 1. The van der Waals surface area contributed by atoms with E-state index in [4.69, 9.17) is 0 Å². The summed E-state index contributed by atoms with van der Waals surface area (Å²) in [7, 11) is 0. The molecule has 0 aliphatic rings. The van der Waals surface area contributed by atoms with Crippen molar-refractivity contribution in [3.63, 3.8) is 0 Å². The maximum absolute atomic E-state index is 11.9. The third kappa shape index (κ3) is 7.63. The zero-order chi connectivity index (χ0) is 14.1. The molecular formula is C12H15F4NO2. The molecule has 1 aromatic carbocycles. The van der Waals surface area contributed by atoms with Crippen LogP contribution in [0, 0.1) is 0 Å². The molecule has 0 amide bonds. The first-order valence-electron chi connectivity index (χ1n) is 5.68. The summed E-state index contributed by atoms with van der Waals surface area (Å²) in [4.78, 5) is 0. The summed E-state index contributed by atoms with van der Waals surface area (Å²) in [6.07, 6.45) is -2.46. The molecule has 0 atom stereocenters. The normalized spacial score (nSPS) is 11.3. The van der Waals surface area contributed by atoms with Gasteiger partial charge in [0.1, 0.15) is 12.4 Å². The van der Waals surface area contributed by atoms with Crippen LogP contribution in [0.2, 0.25) is 0 Å². The molecule has 108 valence electrons. The van der Waals surface area contributed by atoms with Crippen molar-refractivity contribution in [2.24, 2.45) is 0 Å². The molecule has 0 aliphatic heterocycles. The fourth-order valence-electron chi connectivity index (χ4n) is 1.34. The number of rotatable bonds is 9. The summed E-state index contributed by atoms with van der Waals surface area (Å²) in [5.74, 6) is 0.0963. The Morgan fingerprint density at radius 2 is 1.74 bits per heavy atom. The van der Waals surface area contributed by atoms with Crippen LogP contribution in [0.15, 0.2) is 24.3 Å². The molecular weight excluding hydrogens is 266 g/mol. The molecule has 0 spiro atoms. The minimum atomic E-state index is -2.84. The molecule has 0 saturated heterocycles. The fraction of sp³-hybridized carbons (Fsp3) is 0.500. The van der Waals surface area contributed by atoms with Crippen LogP contribution in [0.4, 0.5) is 17.6 Å². The van der Waals surface area contributed by atoms with E-state index in [1.54, 1.807) is 12.1 Å². The Labute approximate surface area is 108 Å². The van der Waals surface area contributed by atoms with Crippen LogP contribution < -0.4 is 10.1 Å². The van der Waals surface area contributed by atoms with Crippen LogP contribution in [-0.2, 0) is 11.3 Å². The second kappa shape index (κ2) is 8.71. The zero-order valence-corrected chi connectivity index (χ0v) is 10.1. The van der Waals surface area contributed by atoms with Crippen LogP contribution >= 0.6 is 0 Å². The first-order chi connectivity index (χ1) is 9.08. The number of hydrogen-bond donors (Lipinski definition) is 1. The van der Waals surface area contributed by atoms with E-state index in [1.165, 1.54) is 12.1 Å². The predicted octanol–water partition coefficient (Wildman–Crippen LogP) is 2.66. The van der Waals surface area contributed by atoms with Crippen molar-refractivity contribution in [2.45, 2.75) is 19.6 Å². The Hall–Kier alpha value is -1.34. The highest BCUT2D eigenvalue weighted by atomic mass is 19.3. The summed E-state index contributed by atoms with van der Waals surface area (Å²) in [6.45, 7) is -2.29. The third-order valence-electron chi connectivity index (χ3n) is 2.14. The fourth-order valence-corrected chi connectivity index (χ4v) is 1.34.